The lowest BCUT2D eigenvalue weighted by Gasteiger charge is -2.17. The molecule has 0 unspecified atom stereocenters. The molecule has 1 N–H and O–H groups in total. The van der Waals surface area contributed by atoms with Crippen LogP contribution in [0.3, 0.4) is 0 Å². The minimum Gasteiger partial charge on any atom is -0.325 e. The Balaban J connectivity index is 1.65. The smallest absolute Gasteiger partial charge is 0.267 e. The van der Waals surface area contributed by atoms with Crippen molar-refractivity contribution in [3.05, 3.63) is 77.2 Å². The zero-order valence-electron chi connectivity index (χ0n) is 16.8. The lowest BCUT2D eigenvalue weighted by atomic mass is 10.1. The molecule has 4 rings (SSSR count). The minimum atomic E-state index is -0.389. The van der Waals surface area contributed by atoms with Crippen LogP contribution >= 0.6 is 24.0 Å². The number of amides is 3. The molecular formula is C23H19N3O3S2. The predicted molar refractivity (Wildman–Crippen MR) is 128 cm³/mol. The van der Waals surface area contributed by atoms with Crippen molar-refractivity contribution in [2.24, 2.45) is 0 Å². The molecule has 0 bridgehead atoms. The average Bonchev–Trinajstić information content (AvgIpc) is 3.16. The molecule has 0 saturated carbocycles. The van der Waals surface area contributed by atoms with Gasteiger partial charge in [-0.25, -0.2) is 0 Å². The molecule has 2 aliphatic heterocycles. The second kappa shape index (κ2) is 8.49. The van der Waals surface area contributed by atoms with Gasteiger partial charge in [-0.3, -0.25) is 24.2 Å². The maximum Gasteiger partial charge on any atom is 0.267 e. The van der Waals surface area contributed by atoms with E-state index in [1.54, 1.807) is 36.4 Å². The highest BCUT2D eigenvalue weighted by molar-refractivity contribution is 8.26. The molecule has 6 nitrogen and oxygen atoms in total. The van der Waals surface area contributed by atoms with Crippen LogP contribution in [0.1, 0.15) is 11.1 Å². The number of nitrogens with zero attached hydrogens (tertiary/aromatic N) is 2. The van der Waals surface area contributed by atoms with Crippen LogP contribution in [0.15, 0.2) is 66.1 Å². The number of carbonyl (C=O) groups excluding carboxylic acids is 3. The Kier molecular flexibility index (Phi) is 5.75. The van der Waals surface area contributed by atoms with Gasteiger partial charge in [-0.2, -0.15) is 0 Å². The van der Waals surface area contributed by atoms with Gasteiger partial charge in [0.15, 0.2) is 0 Å². The van der Waals surface area contributed by atoms with Crippen molar-refractivity contribution >= 4 is 63.0 Å². The van der Waals surface area contributed by atoms with E-state index >= 15 is 0 Å². The summed E-state index contributed by atoms with van der Waals surface area (Å²) in [6.07, 6.45) is 1.59. The normalized spacial score (nSPS) is 17.9. The fourth-order valence-corrected chi connectivity index (χ4v) is 4.91. The van der Waals surface area contributed by atoms with E-state index in [1.165, 1.54) is 9.80 Å². The van der Waals surface area contributed by atoms with Crippen molar-refractivity contribution in [3.8, 4) is 0 Å². The molecule has 1 saturated heterocycles. The summed E-state index contributed by atoms with van der Waals surface area (Å²) in [5, 5.41) is 2.82. The largest absolute Gasteiger partial charge is 0.325 e. The van der Waals surface area contributed by atoms with Crippen LogP contribution in [-0.4, -0.2) is 40.0 Å². The Morgan fingerprint density at radius 2 is 1.90 bits per heavy atom. The van der Waals surface area contributed by atoms with Crippen molar-refractivity contribution in [3.63, 3.8) is 0 Å². The molecule has 2 aromatic carbocycles. The highest BCUT2D eigenvalue weighted by Crippen LogP contribution is 2.44. The first-order valence-electron chi connectivity index (χ1n) is 9.57. The van der Waals surface area contributed by atoms with E-state index < -0.39 is 0 Å². The van der Waals surface area contributed by atoms with Crippen molar-refractivity contribution in [1.29, 1.82) is 0 Å². The number of nitrogens with one attached hydrogen (secondary N) is 1. The van der Waals surface area contributed by atoms with E-state index in [-0.39, 0.29) is 41.3 Å². The maximum absolute atomic E-state index is 13.3. The summed E-state index contributed by atoms with van der Waals surface area (Å²) in [7, 11) is 0. The van der Waals surface area contributed by atoms with Gasteiger partial charge in [0.05, 0.1) is 16.2 Å². The third kappa shape index (κ3) is 3.92. The first-order valence-corrected chi connectivity index (χ1v) is 10.8. The monoisotopic (exact) mass is 449 g/mol. The number of rotatable bonds is 5. The van der Waals surface area contributed by atoms with E-state index in [0.29, 0.717) is 21.3 Å². The van der Waals surface area contributed by atoms with Gasteiger partial charge in [0, 0.05) is 17.8 Å². The molecule has 8 heteroatoms. The lowest BCUT2D eigenvalue weighted by Crippen LogP contribution is -2.35. The number of hydrogen-bond donors (Lipinski definition) is 1. The van der Waals surface area contributed by atoms with Gasteiger partial charge < -0.3 is 5.32 Å². The molecular weight excluding hydrogens is 430 g/mol. The van der Waals surface area contributed by atoms with Gasteiger partial charge in [-0.1, -0.05) is 60.4 Å². The Hall–Kier alpha value is -3.23. The van der Waals surface area contributed by atoms with Gasteiger partial charge in [0.2, 0.25) is 5.91 Å². The van der Waals surface area contributed by atoms with Gasteiger partial charge >= 0.3 is 0 Å². The summed E-state index contributed by atoms with van der Waals surface area (Å²) < 4.78 is 0.383. The fourth-order valence-electron chi connectivity index (χ4n) is 3.56. The quantitative estimate of drug-likeness (QED) is 0.428. The summed E-state index contributed by atoms with van der Waals surface area (Å²) in [5.41, 5.74) is 3.17. The first-order chi connectivity index (χ1) is 14.9. The minimum absolute atomic E-state index is 0.166. The van der Waals surface area contributed by atoms with Gasteiger partial charge in [-0.05, 0) is 30.7 Å². The van der Waals surface area contributed by atoms with Gasteiger partial charge in [0.1, 0.15) is 10.9 Å². The molecule has 156 valence electrons. The molecule has 31 heavy (non-hydrogen) atoms. The van der Waals surface area contributed by atoms with Crippen LogP contribution in [0.4, 0.5) is 11.4 Å². The Morgan fingerprint density at radius 1 is 1.13 bits per heavy atom. The number of thiocarbonyl (C=S) groups is 1. The van der Waals surface area contributed by atoms with Crippen LogP contribution in [0, 0.1) is 6.92 Å². The Bertz CT molecular complexity index is 1170. The van der Waals surface area contributed by atoms with Crippen molar-refractivity contribution in [2.75, 3.05) is 23.3 Å². The second-order valence-electron chi connectivity index (χ2n) is 7.10. The van der Waals surface area contributed by atoms with Gasteiger partial charge in [0.25, 0.3) is 11.8 Å². The summed E-state index contributed by atoms with van der Waals surface area (Å²) in [6.45, 7) is 5.70. The third-order valence-corrected chi connectivity index (χ3v) is 6.36. The van der Waals surface area contributed by atoms with E-state index in [4.69, 9.17) is 12.2 Å². The molecule has 2 aliphatic rings. The van der Waals surface area contributed by atoms with Crippen LogP contribution < -0.4 is 10.2 Å². The summed E-state index contributed by atoms with van der Waals surface area (Å²) in [6, 6.07) is 14.6. The predicted octanol–water partition coefficient (Wildman–Crippen LogP) is 3.74. The highest BCUT2D eigenvalue weighted by Gasteiger charge is 2.42. The molecule has 1 fully saturated rings. The molecule has 0 aromatic heterocycles. The van der Waals surface area contributed by atoms with Crippen molar-refractivity contribution in [1.82, 2.24) is 4.90 Å². The molecule has 2 aromatic rings. The van der Waals surface area contributed by atoms with Crippen LogP contribution in [0.2, 0.25) is 0 Å². The van der Waals surface area contributed by atoms with Gasteiger partial charge in [-0.15, -0.1) is 6.58 Å². The summed E-state index contributed by atoms with van der Waals surface area (Å²) in [5.74, 6) is -1.03. The molecule has 0 radical (unpaired) electrons. The lowest BCUT2D eigenvalue weighted by molar-refractivity contribution is -0.122. The number of hydrogen-bond acceptors (Lipinski definition) is 5. The SMILES string of the molecule is C=CCN1C(=O)C(=C2C(=O)N(CC(=O)Nc3cccc(C)c3)c3ccccc32)SC1=S. The molecule has 3 amide bonds. The van der Waals surface area contributed by atoms with Crippen molar-refractivity contribution < 1.29 is 14.4 Å². The standard InChI is InChI=1S/C23H19N3O3S2/c1-3-11-25-22(29)20(31-23(25)30)19-16-9-4-5-10-17(16)26(21(19)28)13-18(27)24-15-8-6-7-14(2)12-15/h3-10,12H,1,11,13H2,2H3,(H,24,27). The number of para-hydroxylation sites is 1. The zero-order valence-corrected chi connectivity index (χ0v) is 18.4. The molecule has 0 aliphatic carbocycles. The van der Waals surface area contributed by atoms with E-state index in [0.717, 1.165) is 17.3 Å². The van der Waals surface area contributed by atoms with Crippen LogP contribution in [0.25, 0.3) is 5.57 Å². The van der Waals surface area contributed by atoms with Crippen LogP contribution in [0.5, 0.6) is 0 Å². The average molecular weight is 450 g/mol. The summed E-state index contributed by atoms with van der Waals surface area (Å²) in [4.78, 5) is 42.0. The fraction of sp³-hybridized carbons (Fsp3) is 0.130. The number of fused-ring (bicyclic) bond motifs is 1. The summed E-state index contributed by atoms with van der Waals surface area (Å²) >= 11 is 6.42. The number of thioether (sulfide) groups is 1. The number of anilines is 2. The number of benzene rings is 2. The second-order valence-corrected chi connectivity index (χ2v) is 8.75. The maximum atomic E-state index is 13.3. The molecule has 0 spiro atoms. The zero-order chi connectivity index (χ0) is 22.1. The Morgan fingerprint density at radius 3 is 2.65 bits per heavy atom. The third-order valence-electron chi connectivity index (χ3n) is 4.91. The Labute approximate surface area is 189 Å². The van der Waals surface area contributed by atoms with Crippen LogP contribution in [-0.2, 0) is 14.4 Å². The van der Waals surface area contributed by atoms with E-state index in [2.05, 4.69) is 11.9 Å². The topological polar surface area (TPSA) is 69.7 Å². The number of carbonyl (C=O) groups is 3. The van der Waals surface area contributed by atoms with E-state index in [9.17, 15) is 14.4 Å². The van der Waals surface area contributed by atoms with E-state index in [1.807, 2.05) is 25.1 Å². The molecule has 2 heterocycles. The highest BCUT2D eigenvalue weighted by atomic mass is 32.2. The molecule has 0 atom stereocenters. The van der Waals surface area contributed by atoms with Crippen molar-refractivity contribution in [2.45, 2.75) is 6.92 Å². The number of aryl methyl sites for hydroxylation is 1. The first kappa shape index (κ1) is 21.0.